The maximum atomic E-state index is 11.4. The third kappa shape index (κ3) is 4.50. The molecule has 0 spiro atoms. The molecule has 5 nitrogen and oxygen atoms in total. The highest BCUT2D eigenvalue weighted by molar-refractivity contribution is 7.21. The molecule has 0 aromatic carbocycles. The zero-order chi connectivity index (χ0) is 14.3. The summed E-state index contributed by atoms with van der Waals surface area (Å²) in [5.41, 5.74) is 0.668. The monoisotopic (exact) mass is 298 g/mol. The van der Waals surface area contributed by atoms with Crippen LogP contribution in [0.15, 0.2) is 24.9 Å². The van der Waals surface area contributed by atoms with E-state index in [2.05, 4.69) is 27.2 Å². The van der Waals surface area contributed by atoms with Crippen molar-refractivity contribution < 1.29 is 4.79 Å². The van der Waals surface area contributed by atoms with E-state index in [4.69, 9.17) is 11.6 Å². The zero-order valence-electron chi connectivity index (χ0n) is 10.7. The van der Waals surface area contributed by atoms with Gasteiger partial charge in [-0.2, -0.15) is 0 Å². The molecule has 2 aromatic heterocycles. The zero-order valence-corrected chi connectivity index (χ0v) is 12.3. The number of halogens is 1. The van der Waals surface area contributed by atoms with Gasteiger partial charge < -0.3 is 5.32 Å². The molecule has 0 fully saturated rings. The first-order chi connectivity index (χ1) is 9.19. The van der Waals surface area contributed by atoms with Crippen LogP contribution in [-0.2, 0) is 0 Å². The predicted octanol–water partition coefficient (Wildman–Crippen LogP) is 3.68. The Morgan fingerprint density at radius 2 is 2.32 bits per heavy atom. The third-order valence-electron chi connectivity index (χ3n) is 1.84. The van der Waals surface area contributed by atoms with Gasteiger partial charge in [-0.3, -0.25) is 5.32 Å². The van der Waals surface area contributed by atoms with Crippen molar-refractivity contribution in [3.05, 3.63) is 29.9 Å². The number of fused-ring (bicyclic) bond motifs is 1. The molecule has 0 aliphatic carbocycles. The molecule has 2 amide bonds. The van der Waals surface area contributed by atoms with Crippen LogP contribution in [0, 0.1) is 0 Å². The quantitative estimate of drug-likeness (QED) is 0.849. The number of carbonyl (C=O) groups excluding carboxylic acids is 1. The fourth-order valence-corrected chi connectivity index (χ4v) is 2.10. The smallest absolute Gasteiger partial charge is 0.321 e. The van der Waals surface area contributed by atoms with Crippen LogP contribution in [-0.4, -0.2) is 22.5 Å². The summed E-state index contributed by atoms with van der Waals surface area (Å²) < 4.78 is 0. The summed E-state index contributed by atoms with van der Waals surface area (Å²) in [5.74, 6) is 0. The van der Waals surface area contributed by atoms with E-state index in [1.807, 2.05) is 13.8 Å². The summed E-state index contributed by atoms with van der Waals surface area (Å²) in [7, 11) is 0. The number of aromatic nitrogens is 2. The minimum absolute atomic E-state index is 0.324. The van der Waals surface area contributed by atoms with Crippen LogP contribution in [0.2, 0.25) is 5.02 Å². The van der Waals surface area contributed by atoms with Gasteiger partial charge in [-0.25, -0.2) is 14.8 Å². The van der Waals surface area contributed by atoms with E-state index in [9.17, 15) is 4.79 Å². The lowest BCUT2D eigenvalue weighted by Crippen LogP contribution is -2.28. The van der Waals surface area contributed by atoms with Gasteiger partial charge in [-0.15, -0.1) is 6.58 Å². The Bertz CT molecular complexity index is 570. The number of hydrogen-bond acceptors (Lipinski definition) is 4. The molecule has 0 aliphatic rings. The predicted molar refractivity (Wildman–Crippen MR) is 81.0 cm³/mol. The molecule has 0 atom stereocenters. The molecule has 0 unspecified atom stereocenters. The fourth-order valence-electron chi connectivity index (χ4n) is 1.16. The SMILES string of the molecule is C=CCNC(=O)Nc1nc2cc(Cl)cnc2s1.CC. The molecular weight excluding hydrogens is 284 g/mol. The van der Waals surface area contributed by atoms with E-state index in [0.29, 0.717) is 22.2 Å². The summed E-state index contributed by atoms with van der Waals surface area (Å²) in [5, 5.41) is 6.20. The minimum atomic E-state index is -0.324. The van der Waals surface area contributed by atoms with Crippen LogP contribution in [0.4, 0.5) is 9.93 Å². The standard InChI is InChI=1S/C10H9ClN4OS.C2H6/c1-2-3-12-9(16)15-10-14-7-4-6(11)5-13-8(7)17-10;1-2/h2,4-5H,1,3H2,(H2,12,14,15,16);1-2H3. The lowest BCUT2D eigenvalue weighted by atomic mass is 10.5. The summed E-state index contributed by atoms with van der Waals surface area (Å²) in [6.07, 6.45) is 3.14. The normalized spacial score (nSPS) is 9.42. The Morgan fingerprint density at radius 1 is 1.58 bits per heavy atom. The van der Waals surface area contributed by atoms with Crippen molar-refractivity contribution in [2.75, 3.05) is 11.9 Å². The molecule has 0 saturated carbocycles. The highest BCUT2D eigenvalue weighted by atomic mass is 35.5. The van der Waals surface area contributed by atoms with Gasteiger partial charge >= 0.3 is 6.03 Å². The lowest BCUT2D eigenvalue weighted by molar-refractivity contribution is 0.253. The molecule has 0 bridgehead atoms. The van der Waals surface area contributed by atoms with Gasteiger partial charge in [0.05, 0.1) is 5.02 Å². The highest BCUT2D eigenvalue weighted by Crippen LogP contribution is 2.25. The van der Waals surface area contributed by atoms with Crippen molar-refractivity contribution in [1.29, 1.82) is 0 Å². The maximum Gasteiger partial charge on any atom is 0.321 e. The van der Waals surface area contributed by atoms with Crippen LogP contribution >= 0.6 is 22.9 Å². The number of urea groups is 1. The Morgan fingerprint density at radius 3 is 3.00 bits per heavy atom. The third-order valence-corrected chi connectivity index (χ3v) is 2.94. The van der Waals surface area contributed by atoms with E-state index in [-0.39, 0.29) is 6.03 Å². The molecule has 2 aromatic rings. The van der Waals surface area contributed by atoms with Crippen molar-refractivity contribution in [1.82, 2.24) is 15.3 Å². The van der Waals surface area contributed by atoms with Gasteiger partial charge in [0.1, 0.15) is 10.3 Å². The van der Waals surface area contributed by atoms with Crippen LogP contribution in [0.1, 0.15) is 13.8 Å². The first-order valence-corrected chi connectivity index (χ1v) is 6.96. The lowest BCUT2D eigenvalue weighted by Gasteiger charge is -2.00. The Hall–Kier alpha value is -1.66. The van der Waals surface area contributed by atoms with Gasteiger partial charge in [0.25, 0.3) is 0 Å². The van der Waals surface area contributed by atoms with Crippen LogP contribution in [0.3, 0.4) is 0 Å². The Labute approximate surface area is 120 Å². The average Bonchev–Trinajstić information content (AvgIpc) is 2.80. The number of rotatable bonds is 3. The number of nitrogens with zero attached hydrogens (tertiary/aromatic N) is 2. The number of carbonyl (C=O) groups is 1. The second kappa shape index (κ2) is 7.70. The summed E-state index contributed by atoms with van der Waals surface area (Å²) >= 11 is 7.08. The number of pyridine rings is 1. The molecule has 2 rings (SSSR count). The molecule has 0 aliphatic heterocycles. The molecule has 0 radical (unpaired) electrons. The van der Waals surface area contributed by atoms with Crippen molar-refractivity contribution in [3.8, 4) is 0 Å². The fraction of sp³-hybridized carbons (Fsp3) is 0.250. The summed E-state index contributed by atoms with van der Waals surface area (Å²) in [4.78, 5) is 20.4. The minimum Gasteiger partial charge on any atom is -0.334 e. The van der Waals surface area contributed by atoms with Gasteiger partial charge in [-0.05, 0) is 6.07 Å². The van der Waals surface area contributed by atoms with Gasteiger partial charge in [-0.1, -0.05) is 42.9 Å². The molecule has 2 N–H and O–H groups in total. The van der Waals surface area contributed by atoms with Gasteiger partial charge in [0.15, 0.2) is 5.13 Å². The molecule has 19 heavy (non-hydrogen) atoms. The first-order valence-electron chi connectivity index (χ1n) is 5.77. The van der Waals surface area contributed by atoms with Crippen molar-refractivity contribution >= 4 is 44.4 Å². The Balaban J connectivity index is 0.000000861. The number of amides is 2. The highest BCUT2D eigenvalue weighted by Gasteiger charge is 2.07. The largest absolute Gasteiger partial charge is 0.334 e. The topological polar surface area (TPSA) is 66.9 Å². The molecule has 7 heteroatoms. The van der Waals surface area contributed by atoms with Crippen LogP contribution in [0.25, 0.3) is 10.3 Å². The summed E-state index contributed by atoms with van der Waals surface area (Å²) in [6, 6.07) is 1.38. The summed E-state index contributed by atoms with van der Waals surface area (Å²) in [6.45, 7) is 7.91. The second-order valence-electron chi connectivity index (χ2n) is 3.12. The molecule has 0 saturated heterocycles. The van der Waals surface area contributed by atoms with Crippen molar-refractivity contribution in [2.24, 2.45) is 0 Å². The van der Waals surface area contributed by atoms with E-state index in [1.165, 1.54) is 11.3 Å². The second-order valence-corrected chi connectivity index (χ2v) is 4.53. The van der Waals surface area contributed by atoms with Gasteiger partial charge in [0.2, 0.25) is 0 Å². The van der Waals surface area contributed by atoms with E-state index in [1.54, 1.807) is 18.3 Å². The van der Waals surface area contributed by atoms with E-state index >= 15 is 0 Å². The Kier molecular flexibility index (Phi) is 6.24. The maximum absolute atomic E-state index is 11.4. The number of nitrogens with one attached hydrogen (secondary N) is 2. The van der Waals surface area contributed by atoms with E-state index in [0.717, 1.165) is 4.83 Å². The van der Waals surface area contributed by atoms with Crippen molar-refractivity contribution in [2.45, 2.75) is 13.8 Å². The number of anilines is 1. The molecular formula is C12H15ClN4OS. The van der Waals surface area contributed by atoms with Gasteiger partial charge in [0, 0.05) is 12.7 Å². The van der Waals surface area contributed by atoms with Crippen LogP contribution < -0.4 is 10.6 Å². The molecule has 2 heterocycles. The number of hydrogen-bond donors (Lipinski definition) is 2. The average molecular weight is 299 g/mol. The van der Waals surface area contributed by atoms with Crippen LogP contribution in [0.5, 0.6) is 0 Å². The number of thiazole rings is 1. The molecule has 102 valence electrons. The first kappa shape index (κ1) is 15.4. The van der Waals surface area contributed by atoms with Crippen molar-refractivity contribution in [3.63, 3.8) is 0 Å². The van der Waals surface area contributed by atoms with E-state index < -0.39 is 0 Å².